The number of thiophene rings is 2. The summed E-state index contributed by atoms with van der Waals surface area (Å²) in [6.07, 6.45) is 3.95. The molecular weight excluding hydrogens is 532 g/mol. The molecule has 1 aromatic carbocycles. The van der Waals surface area contributed by atoms with Gasteiger partial charge in [-0.2, -0.15) is 0 Å². The number of carbonyl (C=O) groups is 1. The van der Waals surface area contributed by atoms with Crippen LogP contribution in [-0.2, 0) is 4.79 Å². The van der Waals surface area contributed by atoms with Crippen molar-refractivity contribution in [2.45, 2.75) is 25.7 Å². The number of thiazole rings is 1. The maximum atomic E-state index is 13.5. The Balaban J connectivity index is 1.30. The van der Waals surface area contributed by atoms with E-state index in [1.807, 2.05) is 39.9 Å². The molecule has 0 aliphatic carbocycles. The first-order valence-electron chi connectivity index (χ1n) is 10.9. The van der Waals surface area contributed by atoms with E-state index in [2.05, 4.69) is 53.2 Å². The average Bonchev–Trinajstić information content (AvgIpc) is 3.60. The van der Waals surface area contributed by atoms with Gasteiger partial charge >= 0.3 is 0 Å². The zero-order valence-electron chi connectivity index (χ0n) is 18.2. The average molecular weight is 556 g/mol. The smallest absolute Gasteiger partial charge is 0.255 e. The van der Waals surface area contributed by atoms with Gasteiger partial charge in [-0.1, -0.05) is 40.2 Å². The van der Waals surface area contributed by atoms with Crippen molar-refractivity contribution in [3.05, 3.63) is 83.4 Å². The summed E-state index contributed by atoms with van der Waals surface area (Å²) in [7, 11) is 0. The van der Waals surface area contributed by atoms with Crippen molar-refractivity contribution in [2.24, 2.45) is 0 Å². The van der Waals surface area contributed by atoms with E-state index in [0.29, 0.717) is 5.92 Å². The Labute approximate surface area is 214 Å². The molecule has 3 aromatic heterocycles. The molecule has 0 atom stereocenters. The first-order chi connectivity index (χ1) is 16.1. The van der Waals surface area contributed by atoms with E-state index >= 15 is 0 Å². The SMILES string of the molecule is Cc1sc(C2CCN(C(=O)/C(=C/c3cccs3)c3cccs3)CC2)nc1-c1ccc(Br)cc1. The zero-order valence-corrected chi connectivity index (χ0v) is 22.2. The first-order valence-corrected chi connectivity index (χ1v) is 14.3. The minimum absolute atomic E-state index is 0.134. The van der Waals surface area contributed by atoms with Crippen molar-refractivity contribution in [1.82, 2.24) is 9.88 Å². The quantitative estimate of drug-likeness (QED) is 0.234. The molecule has 0 spiro atoms. The first kappa shape index (κ1) is 22.7. The molecule has 1 aliphatic rings. The molecule has 1 amide bonds. The molecule has 1 aliphatic heterocycles. The van der Waals surface area contributed by atoms with Gasteiger partial charge in [0.05, 0.1) is 16.3 Å². The van der Waals surface area contributed by atoms with Crippen molar-refractivity contribution < 1.29 is 4.79 Å². The number of aryl methyl sites for hydroxylation is 1. The standard InChI is InChI=1S/C26H23BrN2OS3/c1-17-24(18-6-8-20(27)9-7-18)28-25(33-17)19-10-12-29(13-11-19)26(30)22(23-5-3-15-32-23)16-21-4-2-14-31-21/h2-9,14-16,19H,10-13H2,1H3/b22-16+. The summed E-state index contributed by atoms with van der Waals surface area (Å²) in [5.41, 5.74) is 3.04. The third-order valence-corrected chi connectivity index (χ3v) is 9.29. The van der Waals surface area contributed by atoms with E-state index in [1.165, 1.54) is 9.88 Å². The van der Waals surface area contributed by atoms with Crippen LogP contribution in [0, 0.1) is 6.92 Å². The highest BCUT2D eigenvalue weighted by atomic mass is 79.9. The Bertz CT molecular complexity index is 1250. The van der Waals surface area contributed by atoms with Crippen molar-refractivity contribution in [3.8, 4) is 11.3 Å². The van der Waals surface area contributed by atoms with Crippen molar-refractivity contribution in [3.63, 3.8) is 0 Å². The minimum Gasteiger partial charge on any atom is -0.339 e. The second-order valence-electron chi connectivity index (χ2n) is 8.08. The monoisotopic (exact) mass is 554 g/mol. The van der Waals surface area contributed by atoms with Crippen LogP contribution in [0.4, 0.5) is 0 Å². The lowest BCUT2D eigenvalue weighted by molar-refractivity contribution is -0.125. The molecule has 7 heteroatoms. The molecule has 0 bridgehead atoms. The number of benzene rings is 1. The van der Waals surface area contributed by atoms with Gasteiger partial charge in [-0.25, -0.2) is 4.98 Å². The van der Waals surface area contributed by atoms with Crippen molar-refractivity contribution >= 4 is 67.5 Å². The van der Waals surface area contributed by atoms with Crippen LogP contribution in [0.3, 0.4) is 0 Å². The van der Waals surface area contributed by atoms with Gasteiger partial charge in [0.25, 0.3) is 5.91 Å². The summed E-state index contributed by atoms with van der Waals surface area (Å²) in [4.78, 5) is 23.9. The van der Waals surface area contributed by atoms with Crippen molar-refractivity contribution in [2.75, 3.05) is 13.1 Å². The molecular formula is C26H23BrN2OS3. The molecule has 5 rings (SSSR count). The molecule has 0 N–H and O–H groups in total. The van der Waals surface area contributed by atoms with E-state index < -0.39 is 0 Å². The fourth-order valence-corrected chi connectivity index (χ4v) is 6.92. The number of piperidine rings is 1. The Morgan fingerprint density at radius 3 is 2.45 bits per heavy atom. The van der Waals surface area contributed by atoms with Crippen LogP contribution in [0.2, 0.25) is 0 Å². The van der Waals surface area contributed by atoms with Crippen LogP contribution in [0.15, 0.2) is 63.8 Å². The maximum absolute atomic E-state index is 13.5. The highest BCUT2D eigenvalue weighted by molar-refractivity contribution is 9.10. The summed E-state index contributed by atoms with van der Waals surface area (Å²) in [6, 6.07) is 16.5. The number of nitrogens with zero attached hydrogens (tertiary/aromatic N) is 2. The fourth-order valence-electron chi connectivity index (χ4n) is 4.15. The van der Waals surface area contributed by atoms with E-state index in [9.17, 15) is 4.79 Å². The molecule has 168 valence electrons. The summed E-state index contributed by atoms with van der Waals surface area (Å²) < 4.78 is 1.08. The second kappa shape index (κ2) is 10.1. The highest BCUT2D eigenvalue weighted by Crippen LogP contribution is 2.37. The molecule has 0 saturated carbocycles. The van der Waals surface area contributed by atoms with Gasteiger partial charge < -0.3 is 4.90 Å². The van der Waals surface area contributed by atoms with Gasteiger partial charge in [0.2, 0.25) is 0 Å². The van der Waals surface area contributed by atoms with Crippen LogP contribution in [0.5, 0.6) is 0 Å². The highest BCUT2D eigenvalue weighted by Gasteiger charge is 2.28. The maximum Gasteiger partial charge on any atom is 0.255 e. The Kier molecular flexibility index (Phi) is 6.92. The van der Waals surface area contributed by atoms with Gasteiger partial charge in [-0.3, -0.25) is 4.79 Å². The summed E-state index contributed by atoms with van der Waals surface area (Å²) >= 11 is 8.59. The predicted octanol–water partition coefficient (Wildman–Crippen LogP) is 7.95. The van der Waals surface area contributed by atoms with E-state index in [-0.39, 0.29) is 5.91 Å². The molecule has 4 aromatic rings. The molecule has 33 heavy (non-hydrogen) atoms. The van der Waals surface area contributed by atoms with Gasteiger partial charge in [0.15, 0.2) is 0 Å². The van der Waals surface area contributed by atoms with E-state index in [0.717, 1.165) is 57.0 Å². The lowest BCUT2D eigenvalue weighted by Gasteiger charge is -2.31. The van der Waals surface area contributed by atoms with Gasteiger partial charge in [0.1, 0.15) is 0 Å². The van der Waals surface area contributed by atoms with Crippen LogP contribution >= 0.6 is 49.9 Å². The Morgan fingerprint density at radius 2 is 1.79 bits per heavy atom. The topological polar surface area (TPSA) is 33.2 Å². The molecule has 0 radical (unpaired) electrons. The summed E-state index contributed by atoms with van der Waals surface area (Å²) in [5, 5.41) is 5.28. The number of likely N-dealkylation sites (tertiary alicyclic amines) is 1. The Morgan fingerprint density at radius 1 is 1.06 bits per heavy atom. The molecule has 3 nitrogen and oxygen atoms in total. The lowest BCUT2D eigenvalue weighted by Crippen LogP contribution is -2.38. The number of aromatic nitrogens is 1. The van der Waals surface area contributed by atoms with Crippen LogP contribution < -0.4 is 0 Å². The third kappa shape index (κ3) is 5.06. The lowest BCUT2D eigenvalue weighted by atomic mass is 9.96. The van der Waals surface area contributed by atoms with Gasteiger partial charge in [-0.05, 0) is 60.9 Å². The van der Waals surface area contributed by atoms with Crippen LogP contribution in [0.1, 0.15) is 38.4 Å². The zero-order chi connectivity index (χ0) is 22.8. The summed E-state index contributed by atoms with van der Waals surface area (Å²) in [6.45, 7) is 3.69. The number of rotatable bonds is 5. The molecule has 4 heterocycles. The molecule has 1 fully saturated rings. The number of halogens is 1. The molecule has 1 saturated heterocycles. The summed E-state index contributed by atoms with van der Waals surface area (Å²) in [5.74, 6) is 0.545. The largest absolute Gasteiger partial charge is 0.339 e. The minimum atomic E-state index is 0.134. The fraction of sp³-hybridized carbons (Fsp3) is 0.231. The third-order valence-electron chi connectivity index (χ3n) is 5.91. The van der Waals surface area contributed by atoms with Gasteiger partial charge in [-0.15, -0.1) is 34.0 Å². The van der Waals surface area contributed by atoms with Crippen LogP contribution in [0.25, 0.3) is 22.9 Å². The normalized spacial score (nSPS) is 15.2. The Hall–Kier alpha value is -2.06. The predicted molar refractivity (Wildman–Crippen MR) is 145 cm³/mol. The molecule has 0 unspecified atom stereocenters. The second-order valence-corrected chi connectivity index (χ2v) is 12.2. The van der Waals surface area contributed by atoms with Crippen LogP contribution in [-0.4, -0.2) is 28.9 Å². The van der Waals surface area contributed by atoms with Crippen molar-refractivity contribution in [1.29, 1.82) is 0 Å². The number of amides is 1. The van der Waals surface area contributed by atoms with Gasteiger partial charge in [0, 0.05) is 43.7 Å². The number of hydrogen-bond acceptors (Lipinski definition) is 5. The van der Waals surface area contributed by atoms with E-state index in [1.54, 1.807) is 34.0 Å². The van der Waals surface area contributed by atoms with E-state index in [4.69, 9.17) is 4.98 Å². The number of carbonyl (C=O) groups excluding carboxylic acids is 1. The number of hydrogen-bond donors (Lipinski definition) is 0.